The lowest BCUT2D eigenvalue weighted by atomic mass is 9.97. The number of nitro groups is 1. The molecule has 1 atom stereocenters. The van der Waals surface area contributed by atoms with Gasteiger partial charge in [-0.15, -0.1) is 11.8 Å². The van der Waals surface area contributed by atoms with Crippen LogP contribution in [0.4, 0.5) is 5.69 Å². The Morgan fingerprint density at radius 1 is 1.19 bits per heavy atom. The highest BCUT2D eigenvalue weighted by atomic mass is 32.2. The van der Waals surface area contributed by atoms with Crippen LogP contribution in [0.1, 0.15) is 41.6 Å². The predicted octanol–water partition coefficient (Wildman–Crippen LogP) is 4.71. The Kier molecular flexibility index (Phi) is 7.21. The third-order valence-corrected chi connectivity index (χ3v) is 5.20. The second-order valence-corrected chi connectivity index (χ2v) is 7.29. The number of hydrogen-bond donors (Lipinski definition) is 1. The quantitative estimate of drug-likeness (QED) is 0.538. The molecule has 2 aromatic carbocycles. The summed E-state index contributed by atoms with van der Waals surface area (Å²) in [5.74, 6) is 1.01. The van der Waals surface area contributed by atoms with Crippen LogP contribution in [0.5, 0.6) is 0 Å². The summed E-state index contributed by atoms with van der Waals surface area (Å²) in [5.41, 5.74) is 4.61. The first-order valence-corrected chi connectivity index (χ1v) is 9.73. The predicted molar refractivity (Wildman–Crippen MR) is 106 cm³/mol. The molecule has 0 heterocycles. The van der Waals surface area contributed by atoms with Gasteiger partial charge in [-0.1, -0.05) is 42.8 Å². The number of nitrogens with zero attached hydrogens (tertiary/aromatic N) is 1. The zero-order valence-electron chi connectivity index (χ0n) is 15.3. The van der Waals surface area contributed by atoms with E-state index in [4.69, 9.17) is 0 Å². The van der Waals surface area contributed by atoms with Crippen LogP contribution in [0.25, 0.3) is 0 Å². The molecule has 0 aliphatic carbocycles. The van der Waals surface area contributed by atoms with Gasteiger partial charge in [-0.25, -0.2) is 0 Å². The molecule has 26 heavy (non-hydrogen) atoms. The zero-order chi connectivity index (χ0) is 19.1. The number of nitrogens with one attached hydrogen (secondary N) is 1. The second kappa shape index (κ2) is 9.38. The molecule has 0 bridgehead atoms. The van der Waals surface area contributed by atoms with Crippen LogP contribution >= 0.6 is 11.8 Å². The highest BCUT2D eigenvalue weighted by molar-refractivity contribution is 7.99. The first-order chi connectivity index (χ1) is 12.4. The molecule has 0 aliphatic rings. The van der Waals surface area contributed by atoms with Crippen LogP contribution < -0.4 is 5.32 Å². The summed E-state index contributed by atoms with van der Waals surface area (Å²) < 4.78 is 0. The molecule has 138 valence electrons. The van der Waals surface area contributed by atoms with E-state index in [1.807, 2.05) is 0 Å². The number of non-ortho nitro benzene ring substituents is 1. The molecule has 0 spiro atoms. The van der Waals surface area contributed by atoms with Gasteiger partial charge in [0.1, 0.15) is 0 Å². The minimum Gasteiger partial charge on any atom is -0.349 e. The smallest absolute Gasteiger partial charge is 0.269 e. The number of nitro benzene ring substituents is 1. The summed E-state index contributed by atoms with van der Waals surface area (Å²) in [6, 6.07) is 12.7. The summed E-state index contributed by atoms with van der Waals surface area (Å²) in [6.45, 7) is 6.19. The van der Waals surface area contributed by atoms with E-state index in [2.05, 4.69) is 44.3 Å². The number of carbonyl (C=O) groups excluding carboxylic acids is 1. The fourth-order valence-electron chi connectivity index (χ4n) is 2.83. The van der Waals surface area contributed by atoms with Crippen LogP contribution in [0, 0.1) is 24.0 Å². The lowest BCUT2D eigenvalue weighted by Crippen LogP contribution is -2.30. The van der Waals surface area contributed by atoms with E-state index in [1.54, 1.807) is 12.1 Å². The molecule has 0 aliphatic heterocycles. The van der Waals surface area contributed by atoms with Crippen molar-refractivity contribution in [3.63, 3.8) is 0 Å². The Hall–Kier alpha value is -2.34. The van der Waals surface area contributed by atoms with Crippen molar-refractivity contribution in [3.8, 4) is 0 Å². The summed E-state index contributed by atoms with van der Waals surface area (Å²) in [7, 11) is 0. The van der Waals surface area contributed by atoms with Gasteiger partial charge in [-0.2, -0.15) is 0 Å². The molecular weight excluding hydrogens is 348 g/mol. The highest BCUT2D eigenvalue weighted by Gasteiger charge is 2.15. The van der Waals surface area contributed by atoms with Gasteiger partial charge >= 0.3 is 0 Å². The zero-order valence-corrected chi connectivity index (χ0v) is 16.1. The molecular formula is C20H24N2O3S. The average molecular weight is 372 g/mol. The first kappa shape index (κ1) is 20.0. The molecule has 2 aromatic rings. The van der Waals surface area contributed by atoms with Crippen LogP contribution in [0.15, 0.2) is 42.5 Å². The van der Waals surface area contributed by atoms with Crippen LogP contribution in [-0.2, 0) is 10.5 Å². The van der Waals surface area contributed by atoms with Crippen molar-refractivity contribution in [2.45, 2.75) is 39.0 Å². The molecule has 0 saturated heterocycles. The summed E-state index contributed by atoms with van der Waals surface area (Å²) >= 11 is 1.50. The van der Waals surface area contributed by atoms with Crippen molar-refractivity contribution in [2.24, 2.45) is 0 Å². The lowest BCUT2D eigenvalue weighted by molar-refractivity contribution is -0.384. The Balaban J connectivity index is 1.86. The van der Waals surface area contributed by atoms with Crippen LogP contribution in [0.3, 0.4) is 0 Å². The topological polar surface area (TPSA) is 72.2 Å². The van der Waals surface area contributed by atoms with E-state index < -0.39 is 4.92 Å². The van der Waals surface area contributed by atoms with Gasteiger partial charge in [0.25, 0.3) is 5.69 Å². The second-order valence-electron chi connectivity index (χ2n) is 6.30. The summed E-state index contributed by atoms with van der Waals surface area (Å²) in [6.07, 6.45) is 0.836. The van der Waals surface area contributed by atoms with Crippen molar-refractivity contribution < 1.29 is 9.72 Å². The molecule has 0 aromatic heterocycles. The molecule has 5 nitrogen and oxygen atoms in total. The van der Waals surface area contributed by atoms with Gasteiger partial charge < -0.3 is 5.32 Å². The van der Waals surface area contributed by atoms with Gasteiger partial charge in [0, 0.05) is 17.9 Å². The van der Waals surface area contributed by atoms with Crippen LogP contribution in [0.2, 0.25) is 0 Å². The molecule has 0 fully saturated rings. The monoisotopic (exact) mass is 372 g/mol. The fraction of sp³-hybridized carbons (Fsp3) is 0.350. The third kappa shape index (κ3) is 5.59. The standard InChI is InChI=1S/C20H24N2O3S/c1-4-19(18-10-5-14(2)11-15(18)3)21-20(23)13-26-12-16-6-8-17(9-7-16)22(24)25/h5-11,19H,4,12-13H2,1-3H3,(H,21,23)/t19-/m0/s1. The molecule has 6 heteroatoms. The molecule has 0 unspecified atom stereocenters. The normalized spacial score (nSPS) is 11.8. The number of rotatable bonds is 8. The van der Waals surface area contributed by atoms with Gasteiger partial charge in [0.2, 0.25) is 5.91 Å². The maximum atomic E-state index is 12.3. The number of benzene rings is 2. The van der Waals surface area contributed by atoms with Crippen LogP contribution in [-0.4, -0.2) is 16.6 Å². The van der Waals surface area contributed by atoms with Gasteiger partial charge in [0.15, 0.2) is 0 Å². The minimum atomic E-state index is -0.414. The SMILES string of the molecule is CC[C@H](NC(=O)CSCc1ccc([N+](=O)[O-])cc1)c1ccc(C)cc1C. The van der Waals surface area contributed by atoms with E-state index in [-0.39, 0.29) is 17.6 Å². The third-order valence-electron chi connectivity index (χ3n) is 4.19. The summed E-state index contributed by atoms with van der Waals surface area (Å²) in [5, 5.41) is 13.8. The Labute approximate surface area is 158 Å². The van der Waals surface area contributed by atoms with E-state index >= 15 is 0 Å². The largest absolute Gasteiger partial charge is 0.349 e. The van der Waals surface area contributed by atoms with Gasteiger partial charge in [-0.3, -0.25) is 14.9 Å². The van der Waals surface area contributed by atoms with Crippen molar-refractivity contribution in [1.29, 1.82) is 0 Å². The Morgan fingerprint density at radius 2 is 1.88 bits per heavy atom. The van der Waals surface area contributed by atoms with Crippen molar-refractivity contribution >= 4 is 23.4 Å². The van der Waals surface area contributed by atoms with E-state index in [0.29, 0.717) is 11.5 Å². The molecule has 2 rings (SSSR count). The van der Waals surface area contributed by atoms with E-state index in [1.165, 1.54) is 35.0 Å². The summed E-state index contributed by atoms with van der Waals surface area (Å²) in [4.78, 5) is 22.5. The van der Waals surface area contributed by atoms with E-state index in [9.17, 15) is 14.9 Å². The molecule has 1 N–H and O–H groups in total. The fourth-order valence-corrected chi connectivity index (χ4v) is 3.63. The number of hydrogen-bond acceptors (Lipinski definition) is 4. The number of amides is 1. The lowest BCUT2D eigenvalue weighted by Gasteiger charge is -2.20. The number of thioether (sulfide) groups is 1. The van der Waals surface area contributed by atoms with Crippen molar-refractivity contribution in [3.05, 3.63) is 74.8 Å². The van der Waals surface area contributed by atoms with E-state index in [0.717, 1.165) is 17.5 Å². The minimum absolute atomic E-state index is 0.00346. The Bertz CT molecular complexity index is 775. The number of aryl methyl sites for hydroxylation is 2. The first-order valence-electron chi connectivity index (χ1n) is 8.58. The molecule has 0 radical (unpaired) electrons. The van der Waals surface area contributed by atoms with Gasteiger partial charge in [-0.05, 0) is 37.0 Å². The Morgan fingerprint density at radius 3 is 2.46 bits per heavy atom. The molecule has 0 saturated carbocycles. The number of carbonyl (C=O) groups is 1. The molecule has 1 amide bonds. The maximum Gasteiger partial charge on any atom is 0.269 e. The highest BCUT2D eigenvalue weighted by Crippen LogP contribution is 2.22. The average Bonchev–Trinajstić information content (AvgIpc) is 2.60. The maximum absolute atomic E-state index is 12.3. The van der Waals surface area contributed by atoms with Crippen molar-refractivity contribution in [1.82, 2.24) is 5.32 Å². The van der Waals surface area contributed by atoms with Gasteiger partial charge in [0.05, 0.1) is 16.7 Å². The van der Waals surface area contributed by atoms with Crippen molar-refractivity contribution in [2.75, 3.05) is 5.75 Å².